The van der Waals surface area contributed by atoms with E-state index < -0.39 is 17.0 Å². The normalized spacial score (nSPS) is 11.6. The second-order valence-corrected chi connectivity index (χ2v) is 5.13. The largest absolute Gasteiger partial charge is 0.394 e. The summed E-state index contributed by atoms with van der Waals surface area (Å²) in [6.07, 6.45) is 0. The van der Waals surface area contributed by atoms with Crippen molar-refractivity contribution < 1.29 is 14.8 Å². The first-order valence-electron chi connectivity index (χ1n) is 6.68. The van der Waals surface area contributed by atoms with Crippen molar-refractivity contribution in [2.24, 2.45) is 0 Å². The van der Waals surface area contributed by atoms with E-state index >= 15 is 0 Å². The van der Waals surface area contributed by atoms with Gasteiger partial charge in [-0.05, 0) is 23.8 Å². The maximum atomic E-state index is 12.0. The van der Waals surface area contributed by atoms with Crippen LogP contribution >= 0.6 is 11.6 Å². The van der Waals surface area contributed by atoms with E-state index in [0.29, 0.717) is 10.6 Å². The van der Waals surface area contributed by atoms with E-state index in [1.54, 1.807) is 24.3 Å². The molecule has 0 aliphatic heterocycles. The van der Waals surface area contributed by atoms with Crippen LogP contribution in [0.25, 0.3) is 0 Å². The predicted molar refractivity (Wildman–Crippen MR) is 86.5 cm³/mol. The lowest BCUT2D eigenvalue weighted by molar-refractivity contribution is -0.384. The molecule has 0 spiro atoms. The molecule has 120 valence electrons. The van der Waals surface area contributed by atoms with Gasteiger partial charge in [-0.25, -0.2) is 4.79 Å². The number of urea groups is 1. The van der Waals surface area contributed by atoms with E-state index in [1.165, 1.54) is 24.3 Å². The van der Waals surface area contributed by atoms with Crippen LogP contribution in [0.4, 0.5) is 16.2 Å². The fourth-order valence-electron chi connectivity index (χ4n) is 1.95. The number of anilines is 1. The monoisotopic (exact) mass is 335 g/mol. The fourth-order valence-corrected chi connectivity index (χ4v) is 2.08. The Labute approximate surface area is 137 Å². The Balaban J connectivity index is 2.04. The SMILES string of the molecule is O=C(Nc1cccc([N+](=O)[O-])c1)NC(CO)c1ccc(Cl)cc1. The Hall–Kier alpha value is -2.64. The first kappa shape index (κ1) is 16.7. The Morgan fingerprint density at radius 1 is 1.26 bits per heavy atom. The summed E-state index contributed by atoms with van der Waals surface area (Å²) < 4.78 is 0. The van der Waals surface area contributed by atoms with E-state index in [-0.39, 0.29) is 18.0 Å². The Morgan fingerprint density at radius 2 is 1.96 bits per heavy atom. The number of nitrogens with zero attached hydrogens (tertiary/aromatic N) is 1. The second kappa shape index (κ2) is 7.57. The number of benzene rings is 2. The van der Waals surface area contributed by atoms with Crippen molar-refractivity contribution in [1.29, 1.82) is 0 Å². The third kappa shape index (κ3) is 4.67. The average molecular weight is 336 g/mol. The number of aliphatic hydroxyl groups excluding tert-OH is 1. The molecule has 0 saturated carbocycles. The van der Waals surface area contributed by atoms with Gasteiger partial charge in [0.15, 0.2) is 0 Å². The first-order valence-corrected chi connectivity index (χ1v) is 7.05. The number of carbonyl (C=O) groups excluding carboxylic acids is 1. The van der Waals surface area contributed by atoms with Gasteiger partial charge < -0.3 is 15.7 Å². The van der Waals surface area contributed by atoms with Crippen LogP contribution in [-0.4, -0.2) is 22.7 Å². The number of hydrogen-bond donors (Lipinski definition) is 3. The van der Waals surface area contributed by atoms with Gasteiger partial charge in [-0.1, -0.05) is 29.8 Å². The zero-order chi connectivity index (χ0) is 16.8. The van der Waals surface area contributed by atoms with Gasteiger partial charge in [-0.3, -0.25) is 10.1 Å². The van der Waals surface area contributed by atoms with Crippen LogP contribution in [0.2, 0.25) is 5.02 Å². The quantitative estimate of drug-likeness (QED) is 0.576. The van der Waals surface area contributed by atoms with Crippen LogP contribution in [0.15, 0.2) is 48.5 Å². The minimum absolute atomic E-state index is 0.126. The molecule has 1 unspecified atom stereocenters. The highest BCUT2D eigenvalue weighted by atomic mass is 35.5. The van der Waals surface area contributed by atoms with Crippen molar-refractivity contribution in [3.05, 3.63) is 69.2 Å². The van der Waals surface area contributed by atoms with Gasteiger partial charge in [-0.15, -0.1) is 0 Å². The summed E-state index contributed by atoms with van der Waals surface area (Å²) in [7, 11) is 0. The summed E-state index contributed by atoms with van der Waals surface area (Å²) in [5.74, 6) is 0. The minimum atomic E-state index is -0.619. The summed E-state index contributed by atoms with van der Waals surface area (Å²) in [5.41, 5.74) is 0.842. The second-order valence-electron chi connectivity index (χ2n) is 4.69. The van der Waals surface area contributed by atoms with Gasteiger partial charge >= 0.3 is 6.03 Å². The summed E-state index contributed by atoms with van der Waals surface area (Å²) in [4.78, 5) is 22.1. The number of nitrogens with one attached hydrogen (secondary N) is 2. The molecule has 0 radical (unpaired) electrons. The number of nitro benzene ring substituents is 1. The topological polar surface area (TPSA) is 104 Å². The molecule has 0 fully saturated rings. The predicted octanol–water partition coefficient (Wildman–Crippen LogP) is 3.10. The van der Waals surface area contributed by atoms with Crippen LogP contribution in [0.5, 0.6) is 0 Å². The van der Waals surface area contributed by atoms with E-state index in [2.05, 4.69) is 10.6 Å². The van der Waals surface area contributed by atoms with Crippen LogP contribution in [0.3, 0.4) is 0 Å². The molecular weight excluding hydrogens is 322 g/mol. The Kier molecular flexibility index (Phi) is 5.51. The maximum absolute atomic E-state index is 12.0. The maximum Gasteiger partial charge on any atom is 0.319 e. The van der Waals surface area contributed by atoms with Gasteiger partial charge in [0.1, 0.15) is 0 Å². The number of halogens is 1. The van der Waals surface area contributed by atoms with Crippen molar-refractivity contribution in [2.45, 2.75) is 6.04 Å². The van der Waals surface area contributed by atoms with Crippen molar-refractivity contribution in [3.63, 3.8) is 0 Å². The van der Waals surface area contributed by atoms with Gasteiger partial charge in [0.25, 0.3) is 5.69 Å². The smallest absolute Gasteiger partial charge is 0.319 e. The van der Waals surface area contributed by atoms with Gasteiger partial charge in [-0.2, -0.15) is 0 Å². The van der Waals surface area contributed by atoms with Crippen molar-refractivity contribution in [2.75, 3.05) is 11.9 Å². The molecule has 2 rings (SSSR count). The van der Waals surface area contributed by atoms with Gasteiger partial charge in [0.2, 0.25) is 0 Å². The highest BCUT2D eigenvalue weighted by Crippen LogP contribution is 2.18. The first-order chi connectivity index (χ1) is 11.0. The van der Waals surface area contributed by atoms with E-state index in [0.717, 1.165) is 0 Å². The molecule has 0 aliphatic carbocycles. The molecule has 3 N–H and O–H groups in total. The number of hydrogen-bond acceptors (Lipinski definition) is 4. The molecule has 0 bridgehead atoms. The van der Waals surface area contributed by atoms with Crippen LogP contribution in [-0.2, 0) is 0 Å². The van der Waals surface area contributed by atoms with Crippen molar-refractivity contribution in [3.8, 4) is 0 Å². The molecule has 0 saturated heterocycles. The van der Waals surface area contributed by atoms with Gasteiger partial charge in [0, 0.05) is 22.8 Å². The van der Waals surface area contributed by atoms with Gasteiger partial charge in [0.05, 0.1) is 17.6 Å². The molecule has 23 heavy (non-hydrogen) atoms. The summed E-state index contributed by atoms with van der Waals surface area (Å²) in [6, 6.07) is 11.1. The molecule has 2 aromatic rings. The third-order valence-electron chi connectivity index (χ3n) is 3.08. The zero-order valence-electron chi connectivity index (χ0n) is 11.9. The molecule has 8 heteroatoms. The molecule has 1 atom stereocenters. The standard InChI is InChI=1S/C15H14ClN3O4/c16-11-6-4-10(5-7-11)14(9-20)18-15(21)17-12-2-1-3-13(8-12)19(22)23/h1-8,14,20H,9H2,(H2,17,18,21). The number of aliphatic hydroxyl groups is 1. The number of carbonyl (C=O) groups is 1. The van der Waals surface area contributed by atoms with Crippen molar-refractivity contribution >= 4 is 29.0 Å². The Morgan fingerprint density at radius 3 is 2.57 bits per heavy atom. The zero-order valence-corrected chi connectivity index (χ0v) is 12.7. The van der Waals surface area contributed by atoms with Crippen LogP contribution in [0.1, 0.15) is 11.6 Å². The molecule has 2 amide bonds. The lowest BCUT2D eigenvalue weighted by Gasteiger charge is -2.17. The lowest BCUT2D eigenvalue weighted by Crippen LogP contribution is -2.34. The number of nitro groups is 1. The van der Waals surface area contributed by atoms with E-state index in [4.69, 9.17) is 11.6 Å². The number of amides is 2. The fraction of sp³-hybridized carbons (Fsp3) is 0.133. The summed E-state index contributed by atoms with van der Waals surface area (Å²) in [6.45, 7) is -0.302. The molecule has 0 aliphatic rings. The minimum Gasteiger partial charge on any atom is -0.394 e. The van der Waals surface area contributed by atoms with E-state index in [9.17, 15) is 20.0 Å². The lowest BCUT2D eigenvalue weighted by atomic mass is 10.1. The van der Waals surface area contributed by atoms with Crippen molar-refractivity contribution in [1.82, 2.24) is 5.32 Å². The summed E-state index contributed by atoms with van der Waals surface area (Å²) >= 11 is 5.80. The highest BCUT2D eigenvalue weighted by Gasteiger charge is 2.14. The molecule has 0 heterocycles. The number of non-ortho nitro benzene ring substituents is 1. The third-order valence-corrected chi connectivity index (χ3v) is 3.33. The summed E-state index contributed by atoms with van der Waals surface area (Å²) in [5, 5.41) is 25.8. The van der Waals surface area contributed by atoms with Crippen LogP contribution < -0.4 is 10.6 Å². The molecule has 0 aromatic heterocycles. The highest BCUT2D eigenvalue weighted by molar-refractivity contribution is 6.30. The Bertz CT molecular complexity index is 706. The number of rotatable bonds is 5. The molecular formula is C15H14ClN3O4. The van der Waals surface area contributed by atoms with E-state index in [1.807, 2.05) is 0 Å². The molecule has 7 nitrogen and oxygen atoms in total. The van der Waals surface area contributed by atoms with Crippen LogP contribution in [0, 0.1) is 10.1 Å². The molecule has 2 aromatic carbocycles. The average Bonchev–Trinajstić information content (AvgIpc) is 2.53.